The Bertz CT molecular complexity index is 373. The van der Waals surface area contributed by atoms with Crippen LogP contribution < -0.4 is 51.4 Å². The van der Waals surface area contributed by atoms with Crippen molar-refractivity contribution in [3.8, 4) is 0 Å². The van der Waals surface area contributed by atoms with E-state index in [0.29, 0.717) is 12.8 Å². The Balaban J connectivity index is 0. The van der Waals surface area contributed by atoms with Crippen LogP contribution in [-0.2, 0) is 10.1 Å². The van der Waals surface area contributed by atoms with Gasteiger partial charge in [0.2, 0.25) is 0 Å². The normalized spacial score (nSPS) is 14.2. The van der Waals surface area contributed by atoms with Crippen LogP contribution in [0.25, 0.3) is 0 Å². The van der Waals surface area contributed by atoms with Crippen molar-refractivity contribution in [2.24, 2.45) is 0 Å². The van der Waals surface area contributed by atoms with Gasteiger partial charge in [-0.15, -0.1) is 0 Å². The molecule has 0 aliphatic rings. The molecule has 0 aromatic heterocycles. The molecule has 0 radical (unpaired) electrons. The Hall–Kier alpha value is 1.51. The van der Waals surface area contributed by atoms with Crippen LogP contribution in [0, 0.1) is 0 Å². The average Bonchev–Trinajstić information content (AvgIpc) is 2.49. The van der Waals surface area contributed by atoms with Crippen molar-refractivity contribution in [2.75, 3.05) is 0 Å². The second kappa shape index (κ2) is 16.7. The van der Waals surface area contributed by atoms with Gasteiger partial charge < -0.3 is 9.66 Å². The van der Waals surface area contributed by atoms with E-state index in [1.54, 1.807) is 0 Å². The van der Waals surface area contributed by atoms with E-state index in [9.17, 15) is 18.1 Å². The average molecular weight is 389 g/mol. The third-order valence-electron chi connectivity index (χ3n) is 4.56. The summed E-state index contributed by atoms with van der Waals surface area (Å²) in [5.41, 5.74) is 0. The molecule has 0 aliphatic carbocycles. The van der Waals surface area contributed by atoms with E-state index >= 15 is 0 Å². The van der Waals surface area contributed by atoms with Gasteiger partial charge >= 0.3 is 51.4 Å². The van der Waals surface area contributed by atoms with E-state index in [1.807, 2.05) is 0 Å². The molecule has 0 amide bonds. The molecule has 0 aliphatic heterocycles. The first-order valence-electron chi connectivity index (χ1n) is 9.55. The molecule has 140 valence electrons. The molecule has 0 saturated heterocycles. The van der Waals surface area contributed by atoms with Crippen LogP contribution in [0.2, 0.25) is 0 Å². The molecule has 1 unspecified atom stereocenters. The molecule has 4 nitrogen and oxygen atoms in total. The molecule has 0 rings (SSSR count). The maximum absolute atomic E-state index is 11.4. The predicted octanol–water partition coefficient (Wildman–Crippen LogP) is 2.12. The van der Waals surface area contributed by atoms with E-state index in [0.717, 1.165) is 38.5 Å². The van der Waals surface area contributed by atoms with Crippen LogP contribution in [0.1, 0.15) is 110 Å². The minimum absolute atomic E-state index is 0. The van der Waals surface area contributed by atoms with Crippen molar-refractivity contribution in [1.29, 1.82) is 0 Å². The van der Waals surface area contributed by atoms with Gasteiger partial charge in [0.05, 0.1) is 0 Å². The Morgan fingerprint density at radius 2 is 1.00 bits per heavy atom. The number of rotatable bonds is 16. The maximum Gasteiger partial charge on any atom is 1.00 e. The molecule has 1 atom stereocenters. The smallest absolute Gasteiger partial charge is 0.746 e. The zero-order valence-electron chi connectivity index (χ0n) is 16.2. The Morgan fingerprint density at radius 1 is 0.708 bits per heavy atom. The van der Waals surface area contributed by atoms with Crippen LogP contribution in [0.15, 0.2) is 0 Å². The fourth-order valence-electron chi connectivity index (χ4n) is 2.91. The van der Waals surface area contributed by atoms with Crippen LogP contribution in [0.4, 0.5) is 0 Å². The quantitative estimate of drug-likeness (QED) is 0.250. The third kappa shape index (κ3) is 13.7. The van der Waals surface area contributed by atoms with Crippen LogP contribution in [-0.4, -0.2) is 23.0 Å². The molecule has 0 aromatic rings. The van der Waals surface area contributed by atoms with Gasteiger partial charge in [-0.1, -0.05) is 84.5 Å². The first kappa shape index (κ1) is 27.7. The summed E-state index contributed by atoms with van der Waals surface area (Å²) >= 11 is 0. The fraction of sp³-hybridized carbons (Fsp3) is 1.00. The molecule has 0 heterocycles. The first-order valence-corrected chi connectivity index (χ1v) is 11.0. The van der Waals surface area contributed by atoms with E-state index in [1.165, 1.54) is 32.1 Å². The summed E-state index contributed by atoms with van der Waals surface area (Å²) in [5, 5.41) is 10.2. The molecule has 0 aromatic carbocycles. The molecule has 6 heteroatoms. The minimum Gasteiger partial charge on any atom is -0.746 e. The molecule has 0 saturated carbocycles. The van der Waals surface area contributed by atoms with Crippen LogP contribution in [0.5, 0.6) is 0 Å². The largest absolute Gasteiger partial charge is 1.00 e. The van der Waals surface area contributed by atoms with E-state index in [4.69, 9.17) is 0 Å². The number of hydrogen-bond donors (Lipinski definition) is 1. The molecule has 1 N–H and O–H groups in total. The molecule has 24 heavy (non-hydrogen) atoms. The van der Waals surface area contributed by atoms with E-state index in [2.05, 4.69) is 13.8 Å². The summed E-state index contributed by atoms with van der Waals surface area (Å²) in [7, 11) is -4.65. The zero-order chi connectivity index (χ0) is 17.6. The van der Waals surface area contributed by atoms with Gasteiger partial charge in [-0.05, 0) is 25.7 Å². The SMILES string of the molecule is CCCCCCCCCCCC(O)(CCCCCC)S(=O)(=O)[O-].[K+]. The topological polar surface area (TPSA) is 77.4 Å². The molecular weight excluding hydrogens is 351 g/mol. The monoisotopic (exact) mass is 388 g/mol. The van der Waals surface area contributed by atoms with Gasteiger partial charge in [-0.3, -0.25) is 0 Å². The number of unbranched alkanes of at least 4 members (excludes halogenated alkanes) is 11. The number of hydrogen-bond acceptors (Lipinski definition) is 4. The van der Waals surface area contributed by atoms with Gasteiger partial charge in [0.15, 0.2) is 4.93 Å². The van der Waals surface area contributed by atoms with E-state index < -0.39 is 15.1 Å². The first-order chi connectivity index (χ1) is 10.9. The third-order valence-corrected chi connectivity index (χ3v) is 5.90. The van der Waals surface area contributed by atoms with Crippen molar-refractivity contribution in [1.82, 2.24) is 0 Å². The van der Waals surface area contributed by atoms with E-state index in [-0.39, 0.29) is 64.2 Å². The Kier molecular flexibility index (Phi) is 19.2. The number of aliphatic hydroxyl groups is 1. The van der Waals surface area contributed by atoms with Gasteiger partial charge in [-0.25, -0.2) is 8.42 Å². The second-order valence-electron chi connectivity index (χ2n) is 6.79. The second-order valence-corrected chi connectivity index (χ2v) is 8.46. The summed E-state index contributed by atoms with van der Waals surface area (Å²) < 4.78 is 34.1. The minimum atomic E-state index is -4.65. The zero-order valence-corrected chi connectivity index (χ0v) is 20.1. The Labute approximate surface area is 192 Å². The van der Waals surface area contributed by atoms with Gasteiger partial charge in [0.1, 0.15) is 10.1 Å². The standard InChI is InChI=1S/C18H38O4S.K/c1-3-5-7-9-10-11-12-13-15-17-18(19,23(20,21)22)16-14-8-6-4-2;/h19H,3-17H2,1-2H3,(H,20,21,22);/q;+1/p-1. The molecule has 0 fully saturated rings. The van der Waals surface area contributed by atoms with Gasteiger partial charge in [0.25, 0.3) is 0 Å². The van der Waals surface area contributed by atoms with Gasteiger partial charge in [-0.2, -0.15) is 0 Å². The summed E-state index contributed by atoms with van der Waals surface area (Å²) in [4.78, 5) is -2.05. The predicted molar refractivity (Wildman–Crippen MR) is 95.3 cm³/mol. The van der Waals surface area contributed by atoms with Gasteiger partial charge in [0, 0.05) is 0 Å². The van der Waals surface area contributed by atoms with Crippen molar-refractivity contribution in [3.63, 3.8) is 0 Å². The molecular formula is C18H37KO4S. The van der Waals surface area contributed by atoms with Crippen molar-refractivity contribution < 1.29 is 69.5 Å². The maximum atomic E-state index is 11.4. The van der Waals surface area contributed by atoms with Crippen molar-refractivity contribution >= 4 is 10.1 Å². The Morgan fingerprint density at radius 3 is 1.33 bits per heavy atom. The van der Waals surface area contributed by atoms with Crippen molar-refractivity contribution in [3.05, 3.63) is 0 Å². The van der Waals surface area contributed by atoms with Crippen molar-refractivity contribution in [2.45, 2.75) is 115 Å². The summed E-state index contributed by atoms with van der Waals surface area (Å²) in [5.74, 6) is 0. The summed E-state index contributed by atoms with van der Waals surface area (Å²) in [6, 6.07) is 0. The molecule has 0 bridgehead atoms. The van der Waals surface area contributed by atoms with Crippen LogP contribution in [0.3, 0.4) is 0 Å². The summed E-state index contributed by atoms with van der Waals surface area (Å²) in [6.45, 7) is 4.27. The molecule has 0 spiro atoms. The fourth-order valence-corrected chi connectivity index (χ4v) is 3.70. The summed E-state index contributed by atoms with van der Waals surface area (Å²) in [6.07, 6.45) is 13.7. The van der Waals surface area contributed by atoms with Crippen LogP contribution >= 0.6 is 0 Å².